The van der Waals surface area contributed by atoms with E-state index in [1.165, 1.54) is 0 Å². The summed E-state index contributed by atoms with van der Waals surface area (Å²) >= 11 is 0. The molecular weight excluding hydrogens is 154 g/mol. The fourth-order valence-electron chi connectivity index (χ4n) is 0.616. The fourth-order valence-corrected chi connectivity index (χ4v) is 0.616. The Labute approximate surface area is 71.8 Å². The summed E-state index contributed by atoms with van der Waals surface area (Å²) in [6.07, 6.45) is 0. The third-order valence-electron chi connectivity index (χ3n) is 1.33. The lowest BCUT2D eigenvalue weighted by atomic mass is 9.91. The van der Waals surface area contributed by atoms with E-state index in [0.717, 1.165) is 0 Å². The Kier molecular flexibility index (Phi) is 2.86. The number of allylic oxidation sites excluding steroid dienone is 1. The molecule has 0 saturated heterocycles. The van der Waals surface area contributed by atoms with Crippen molar-refractivity contribution in [1.82, 2.24) is 0 Å². The number of aliphatic hydroxyl groups excluding tert-OH is 1. The van der Waals surface area contributed by atoms with Crippen LogP contribution in [0.2, 0.25) is 0 Å². The van der Waals surface area contributed by atoms with Gasteiger partial charge in [-0.15, -0.1) is 0 Å². The molecular formula is C8H13N3O. The molecule has 0 aliphatic rings. The van der Waals surface area contributed by atoms with E-state index in [1.54, 1.807) is 26.8 Å². The molecule has 0 aromatic rings. The number of nitrogens with zero attached hydrogens (tertiary/aromatic N) is 1. The van der Waals surface area contributed by atoms with Crippen molar-refractivity contribution in [2.24, 2.45) is 11.1 Å². The molecule has 12 heavy (non-hydrogen) atoms. The van der Waals surface area contributed by atoms with Gasteiger partial charge in [-0.1, -0.05) is 20.8 Å². The molecule has 0 heterocycles. The maximum Gasteiger partial charge on any atom is 0.137 e. The van der Waals surface area contributed by atoms with Crippen molar-refractivity contribution >= 4 is 5.84 Å². The van der Waals surface area contributed by atoms with Gasteiger partial charge in [-0.05, 0) is 0 Å². The highest BCUT2D eigenvalue weighted by Crippen LogP contribution is 2.25. The lowest BCUT2D eigenvalue weighted by Crippen LogP contribution is -2.19. The van der Waals surface area contributed by atoms with Gasteiger partial charge >= 0.3 is 0 Å². The molecule has 0 amide bonds. The van der Waals surface area contributed by atoms with Crippen LogP contribution in [0.4, 0.5) is 0 Å². The third-order valence-corrected chi connectivity index (χ3v) is 1.33. The number of hydrogen-bond acceptors (Lipinski definition) is 3. The summed E-state index contributed by atoms with van der Waals surface area (Å²) < 4.78 is 0. The van der Waals surface area contributed by atoms with Crippen molar-refractivity contribution in [3.05, 3.63) is 11.3 Å². The molecule has 0 aromatic heterocycles. The molecule has 0 aliphatic carbocycles. The molecule has 0 fully saturated rings. The molecule has 4 heteroatoms. The zero-order chi connectivity index (χ0) is 9.94. The van der Waals surface area contributed by atoms with Gasteiger partial charge in [0.1, 0.15) is 23.2 Å². The van der Waals surface area contributed by atoms with E-state index in [9.17, 15) is 5.11 Å². The fraction of sp³-hybridized carbons (Fsp3) is 0.500. The molecule has 0 bridgehead atoms. The van der Waals surface area contributed by atoms with Crippen LogP contribution < -0.4 is 5.73 Å². The lowest BCUT2D eigenvalue weighted by molar-refractivity contribution is 0.275. The highest BCUT2D eigenvalue weighted by atomic mass is 16.3. The summed E-state index contributed by atoms with van der Waals surface area (Å²) in [5.41, 5.74) is 4.39. The zero-order valence-electron chi connectivity index (χ0n) is 7.47. The normalized spacial score (nSPS) is 13.2. The van der Waals surface area contributed by atoms with Crippen LogP contribution in [0.5, 0.6) is 0 Å². The van der Waals surface area contributed by atoms with Crippen molar-refractivity contribution in [2.45, 2.75) is 20.8 Å². The zero-order valence-corrected chi connectivity index (χ0v) is 7.47. The van der Waals surface area contributed by atoms with Crippen molar-refractivity contribution in [3.63, 3.8) is 0 Å². The van der Waals surface area contributed by atoms with Crippen LogP contribution in [0.15, 0.2) is 11.3 Å². The van der Waals surface area contributed by atoms with Gasteiger partial charge in [0.15, 0.2) is 0 Å². The number of nitrogens with one attached hydrogen (secondary N) is 1. The Morgan fingerprint density at radius 3 is 2.00 bits per heavy atom. The van der Waals surface area contributed by atoms with Crippen LogP contribution in [-0.2, 0) is 0 Å². The van der Waals surface area contributed by atoms with Crippen LogP contribution in [0.3, 0.4) is 0 Å². The monoisotopic (exact) mass is 167 g/mol. The van der Waals surface area contributed by atoms with Crippen molar-refractivity contribution in [2.75, 3.05) is 0 Å². The molecule has 0 rings (SSSR count). The van der Waals surface area contributed by atoms with Gasteiger partial charge in [-0.25, -0.2) is 0 Å². The van der Waals surface area contributed by atoms with E-state index in [2.05, 4.69) is 0 Å². The van der Waals surface area contributed by atoms with Crippen LogP contribution in [0.25, 0.3) is 0 Å². The first kappa shape index (κ1) is 10.5. The maximum absolute atomic E-state index is 9.45. The first-order chi connectivity index (χ1) is 5.30. The molecule has 0 radical (unpaired) electrons. The van der Waals surface area contributed by atoms with Crippen LogP contribution in [-0.4, -0.2) is 10.9 Å². The van der Waals surface area contributed by atoms with Gasteiger partial charge in [-0.2, -0.15) is 5.26 Å². The Hall–Kier alpha value is -1.50. The van der Waals surface area contributed by atoms with Crippen LogP contribution in [0, 0.1) is 22.2 Å². The molecule has 4 N–H and O–H groups in total. The standard InChI is InChI=1S/C8H13N3O/c1-8(2,3)6(12)5(4-9)7(10)11/h12H,1-3H3,(H3,10,11)/b6-5+. The van der Waals surface area contributed by atoms with E-state index < -0.39 is 11.3 Å². The summed E-state index contributed by atoms with van der Waals surface area (Å²) in [5, 5.41) is 25.0. The molecule has 0 aromatic carbocycles. The second-order valence-electron chi connectivity index (χ2n) is 3.50. The Morgan fingerprint density at radius 2 is 1.92 bits per heavy atom. The minimum Gasteiger partial charge on any atom is -0.510 e. The molecule has 0 atom stereocenters. The van der Waals surface area contributed by atoms with E-state index in [1.807, 2.05) is 0 Å². The topological polar surface area (TPSA) is 93.9 Å². The first-order valence-electron chi connectivity index (χ1n) is 3.49. The summed E-state index contributed by atoms with van der Waals surface area (Å²) in [4.78, 5) is 0. The Balaban J connectivity index is 5.17. The second kappa shape index (κ2) is 3.26. The number of aliphatic hydroxyl groups is 1. The number of nitriles is 1. The van der Waals surface area contributed by atoms with E-state index >= 15 is 0 Å². The van der Waals surface area contributed by atoms with Crippen LogP contribution >= 0.6 is 0 Å². The number of amidine groups is 1. The van der Waals surface area contributed by atoms with E-state index in [-0.39, 0.29) is 11.3 Å². The molecule has 0 saturated carbocycles. The van der Waals surface area contributed by atoms with Gasteiger partial charge in [0.05, 0.1) is 0 Å². The minimum atomic E-state index is -0.545. The summed E-state index contributed by atoms with van der Waals surface area (Å²) in [5.74, 6) is -0.539. The molecule has 0 aliphatic heterocycles. The average molecular weight is 167 g/mol. The predicted molar refractivity (Wildman–Crippen MR) is 46.6 cm³/mol. The van der Waals surface area contributed by atoms with Gasteiger partial charge in [0.25, 0.3) is 0 Å². The largest absolute Gasteiger partial charge is 0.510 e. The summed E-state index contributed by atoms with van der Waals surface area (Å²) in [6.45, 7) is 5.22. The van der Waals surface area contributed by atoms with Crippen LogP contribution in [0.1, 0.15) is 20.8 Å². The van der Waals surface area contributed by atoms with Gasteiger partial charge < -0.3 is 10.8 Å². The average Bonchev–Trinajstić information content (AvgIpc) is 1.86. The lowest BCUT2D eigenvalue weighted by Gasteiger charge is -2.18. The molecule has 4 nitrogen and oxygen atoms in total. The number of hydrogen-bond donors (Lipinski definition) is 3. The minimum absolute atomic E-state index is 0.141. The van der Waals surface area contributed by atoms with E-state index in [4.69, 9.17) is 16.4 Å². The van der Waals surface area contributed by atoms with Crippen molar-refractivity contribution < 1.29 is 5.11 Å². The van der Waals surface area contributed by atoms with Gasteiger partial charge in [0.2, 0.25) is 0 Å². The predicted octanol–water partition coefficient (Wildman–Crippen LogP) is 1.30. The molecule has 66 valence electrons. The quantitative estimate of drug-likeness (QED) is 0.238. The highest BCUT2D eigenvalue weighted by molar-refractivity contribution is 5.98. The SMILES string of the molecule is CC(C)(C)/C(O)=C(/C#N)C(=N)N. The van der Waals surface area contributed by atoms with Crippen molar-refractivity contribution in [3.8, 4) is 6.07 Å². The van der Waals surface area contributed by atoms with Gasteiger partial charge in [0, 0.05) is 5.41 Å². The molecule has 0 unspecified atom stereocenters. The summed E-state index contributed by atoms with van der Waals surface area (Å²) in [6, 6.07) is 1.69. The maximum atomic E-state index is 9.45. The summed E-state index contributed by atoms with van der Waals surface area (Å²) in [7, 11) is 0. The van der Waals surface area contributed by atoms with E-state index in [0.29, 0.717) is 0 Å². The second-order valence-corrected chi connectivity index (χ2v) is 3.50. The third kappa shape index (κ3) is 2.27. The van der Waals surface area contributed by atoms with Gasteiger partial charge in [-0.3, -0.25) is 5.41 Å². The molecule has 0 spiro atoms. The highest BCUT2D eigenvalue weighted by Gasteiger charge is 2.21. The van der Waals surface area contributed by atoms with Crippen molar-refractivity contribution in [1.29, 1.82) is 10.7 Å². The number of rotatable bonds is 1. The number of nitrogens with two attached hydrogens (primary N) is 1. The first-order valence-corrected chi connectivity index (χ1v) is 3.49. The Bertz CT molecular complexity index is 265. The Morgan fingerprint density at radius 1 is 1.50 bits per heavy atom. The smallest absolute Gasteiger partial charge is 0.137 e.